The monoisotopic (exact) mass is 224 g/mol. The molecule has 0 atom stereocenters. The van der Waals surface area contributed by atoms with Crippen molar-refractivity contribution in [1.82, 2.24) is 0 Å². The summed E-state index contributed by atoms with van der Waals surface area (Å²) in [6.07, 6.45) is 6.92. The Kier molecular flexibility index (Phi) is 1.99. The fourth-order valence-electron chi connectivity index (χ4n) is 4.95. The Labute approximate surface area is 97.0 Å². The molecule has 4 aliphatic carbocycles. The van der Waals surface area contributed by atoms with E-state index in [2.05, 4.69) is 0 Å². The molecule has 4 bridgehead atoms. The van der Waals surface area contributed by atoms with E-state index in [0.717, 1.165) is 37.0 Å². The first-order valence-corrected chi connectivity index (χ1v) is 6.50. The number of rotatable bonds is 1. The van der Waals surface area contributed by atoms with Crippen molar-refractivity contribution in [2.24, 2.45) is 17.8 Å². The maximum atomic E-state index is 11.5. The van der Waals surface area contributed by atoms with Gasteiger partial charge in [0.25, 0.3) is 0 Å². The molecule has 3 heteroatoms. The summed E-state index contributed by atoms with van der Waals surface area (Å²) in [7, 11) is 3.80. The number of hydrogen-bond acceptors (Lipinski definition) is 1. The molecule has 4 aliphatic rings. The number of carbonyl (C=O) groups is 1. The van der Waals surface area contributed by atoms with Gasteiger partial charge in [-0.2, -0.15) is 4.79 Å². The lowest BCUT2D eigenvalue weighted by atomic mass is 9.52. The van der Waals surface area contributed by atoms with Crippen LogP contribution in [0.25, 0.3) is 0 Å². The number of amides is 1. The summed E-state index contributed by atoms with van der Waals surface area (Å²) in [6, 6.07) is 0. The number of nitrogens with zero attached hydrogens (tertiary/aromatic N) is 1. The smallest absolute Gasteiger partial charge is 0.435 e. The van der Waals surface area contributed by atoms with Crippen LogP contribution in [0.2, 0.25) is 0 Å². The summed E-state index contributed by atoms with van der Waals surface area (Å²) in [4.78, 5) is 11.5. The summed E-state index contributed by atoms with van der Waals surface area (Å²) in [5.41, 5.74) is 0.0561. The fraction of sp³-hybridized carbons (Fsp3) is 0.923. The number of carboxylic acid groups (broad SMARTS) is 1. The molecule has 0 aromatic carbocycles. The molecule has 0 unspecified atom stereocenters. The van der Waals surface area contributed by atoms with Crippen LogP contribution in [-0.2, 0) is 0 Å². The molecule has 1 N–H and O–H groups in total. The van der Waals surface area contributed by atoms with Crippen LogP contribution in [0.5, 0.6) is 0 Å². The van der Waals surface area contributed by atoms with Crippen LogP contribution < -0.4 is 0 Å². The van der Waals surface area contributed by atoms with Crippen LogP contribution in [0.3, 0.4) is 0 Å². The van der Waals surface area contributed by atoms with Gasteiger partial charge in [-0.15, -0.1) is 0 Å². The van der Waals surface area contributed by atoms with E-state index < -0.39 is 6.09 Å². The second kappa shape index (κ2) is 3.00. The van der Waals surface area contributed by atoms with Gasteiger partial charge in [-0.25, -0.2) is 4.48 Å². The Morgan fingerprint density at radius 2 is 1.44 bits per heavy atom. The number of quaternary nitrogens is 1. The zero-order valence-electron chi connectivity index (χ0n) is 10.3. The maximum absolute atomic E-state index is 11.5. The Morgan fingerprint density at radius 1 is 1.06 bits per heavy atom. The normalized spacial score (nSPS) is 46.0. The van der Waals surface area contributed by atoms with E-state index in [4.69, 9.17) is 0 Å². The molecule has 0 aromatic heterocycles. The third-order valence-corrected chi connectivity index (χ3v) is 5.67. The van der Waals surface area contributed by atoms with Gasteiger partial charge in [-0.1, -0.05) is 0 Å². The highest BCUT2D eigenvalue weighted by Crippen LogP contribution is 2.58. The molecule has 4 rings (SSSR count). The van der Waals surface area contributed by atoms with Gasteiger partial charge >= 0.3 is 6.09 Å². The van der Waals surface area contributed by atoms with Gasteiger partial charge in [-0.05, 0) is 37.0 Å². The molecule has 0 aliphatic heterocycles. The highest BCUT2D eigenvalue weighted by Gasteiger charge is 2.61. The van der Waals surface area contributed by atoms with E-state index in [9.17, 15) is 9.90 Å². The molecule has 3 nitrogen and oxygen atoms in total. The molecule has 0 radical (unpaired) electrons. The van der Waals surface area contributed by atoms with Gasteiger partial charge in [0.1, 0.15) is 5.54 Å². The van der Waals surface area contributed by atoms with Crippen LogP contribution in [-0.4, -0.2) is 35.3 Å². The second-order valence-electron chi connectivity index (χ2n) is 6.88. The number of hydrogen-bond donors (Lipinski definition) is 1. The minimum absolute atomic E-state index is 0.0561. The highest BCUT2D eigenvalue weighted by atomic mass is 16.4. The minimum atomic E-state index is -0.651. The van der Waals surface area contributed by atoms with Gasteiger partial charge < -0.3 is 5.11 Å². The van der Waals surface area contributed by atoms with Crippen LogP contribution in [0.1, 0.15) is 38.5 Å². The van der Waals surface area contributed by atoms with Gasteiger partial charge in [0.2, 0.25) is 0 Å². The zero-order valence-corrected chi connectivity index (χ0v) is 10.3. The lowest BCUT2D eigenvalue weighted by Gasteiger charge is -2.59. The SMILES string of the molecule is C[N+](C)(C(=O)O)C12CC3CC(CC(C3)C1)C2. The Bertz CT molecular complexity index is 300. The van der Waals surface area contributed by atoms with E-state index in [-0.39, 0.29) is 10.0 Å². The summed E-state index contributed by atoms with van der Waals surface area (Å²) in [5.74, 6) is 2.47. The first-order valence-electron chi connectivity index (χ1n) is 6.50. The average Bonchev–Trinajstić information content (AvgIpc) is 2.14. The molecule has 0 aromatic rings. The van der Waals surface area contributed by atoms with Crippen molar-refractivity contribution < 1.29 is 14.4 Å². The quantitative estimate of drug-likeness (QED) is 0.695. The maximum Gasteiger partial charge on any atom is 0.513 e. The van der Waals surface area contributed by atoms with Crippen LogP contribution >= 0.6 is 0 Å². The summed E-state index contributed by atoms with van der Waals surface area (Å²) >= 11 is 0. The van der Waals surface area contributed by atoms with Crippen molar-refractivity contribution >= 4 is 6.09 Å². The third-order valence-electron chi connectivity index (χ3n) is 5.67. The lowest BCUT2D eigenvalue weighted by molar-refractivity contribution is -0.880. The van der Waals surface area contributed by atoms with E-state index in [1.54, 1.807) is 0 Å². The minimum Gasteiger partial charge on any atom is -0.435 e. The van der Waals surface area contributed by atoms with E-state index in [1.165, 1.54) is 19.3 Å². The topological polar surface area (TPSA) is 37.3 Å². The summed E-state index contributed by atoms with van der Waals surface area (Å²) < 4.78 is 0.191. The molecule has 0 spiro atoms. The lowest BCUT2D eigenvalue weighted by Crippen LogP contribution is -2.68. The van der Waals surface area contributed by atoms with Crippen LogP contribution in [0, 0.1) is 17.8 Å². The molecule has 4 fully saturated rings. The highest BCUT2D eigenvalue weighted by molar-refractivity contribution is 5.57. The molecule has 1 amide bonds. The van der Waals surface area contributed by atoms with Crippen LogP contribution in [0.15, 0.2) is 0 Å². The summed E-state index contributed by atoms with van der Waals surface area (Å²) in [5, 5.41) is 9.47. The molecule has 4 saturated carbocycles. The molecule has 16 heavy (non-hydrogen) atoms. The van der Waals surface area contributed by atoms with E-state index in [1.807, 2.05) is 14.1 Å². The van der Waals surface area contributed by atoms with Gasteiger partial charge in [-0.3, -0.25) is 0 Å². The molecule has 0 saturated heterocycles. The summed E-state index contributed by atoms with van der Waals surface area (Å²) in [6.45, 7) is 0. The first-order chi connectivity index (χ1) is 7.43. The molecule has 90 valence electrons. The van der Waals surface area contributed by atoms with Crippen molar-refractivity contribution in [3.05, 3.63) is 0 Å². The molecule has 0 heterocycles. The standard InChI is InChI=1S/C13H21NO2/c1-14(2,12(15)16)13-6-9-3-10(7-13)5-11(4-9)8-13/h9-11H,3-8H2,1-2H3/p+1. The van der Waals surface area contributed by atoms with Crippen molar-refractivity contribution in [2.45, 2.75) is 44.1 Å². The van der Waals surface area contributed by atoms with Gasteiger partial charge in [0, 0.05) is 19.3 Å². The largest absolute Gasteiger partial charge is 0.513 e. The Balaban J connectivity index is 1.97. The van der Waals surface area contributed by atoms with Crippen molar-refractivity contribution in [3.63, 3.8) is 0 Å². The second-order valence-corrected chi connectivity index (χ2v) is 6.88. The average molecular weight is 224 g/mol. The molecular formula is C13H22NO2+. The molecular weight excluding hydrogens is 202 g/mol. The first kappa shape index (κ1) is 10.6. The van der Waals surface area contributed by atoms with E-state index in [0.29, 0.717) is 0 Å². The van der Waals surface area contributed by atoms with Crippen molar-refractivity contribution in [3.8, 4) is 0 Å². The third kappa shape index (κ3) is 1.21. The van der Waals surface area contributed by atoms with Crippen molar-refractivity contribution in [1.29, 1.82) is 0 Å². The Hall–Kier alpha value is -0.570. The van der Waals surface area contributed by atoms with Crippen molar-refractivity contribution in [2.75, 3.05) is 14.1 Å². The van der Waals surface area contributed by atoms with Crippen LogP contribution in [0.4, 0.5) is 4.79 Å². The van der Waals surface area contributed by atoms with Gasteiger partial charge in [0.05, 0.1) is 14.1 Å². The Morgan fingerprint density at radius 3 is 1.75 bits per heavy atom. The zero-order chi connectivity index (χ0) is 11.6. The predicted octanol–water partition coefficient (Wildman–Crippen LogP) is 2.71. The van der Waals surface area contributed by atoms with Gasteiger partial charge in [0.15, 0.2) is 0 Å². The fourth-order valence-corrected chi connectivity index (χ4v) is 4.95. The van der Waals surface area contributed by atoms with E-state index >= 15 is 0 Å². The predicted molar refractivity (Wildman–Crippen MR) is 61.0 cm³/mol.